The van der Waals surface area contributed by atoms with Crippen molar-refractivity contribution in [3.63, 3.8) is 0 Å². The number of aryl methyl sites for hydroxylation is 1. The van der Waals surface area contributed by atoms with Crippen molar-refractivity contribution < 1.29 is 4.74 Å². The first-order valence-electron chi connectivity index (χ1n) is 3.44. The highest BCUT2D eigenvalue weighted by Gasteiger charge is 2.08. The number of rotatable bonds is 1. The van der Waals surface area contributed by atoms with E-state index in [-0.39, 0.29) is 0 Å². The number of hydrogen-bond acceptors (Lipinski definition) is 2. The molecule has 2 nitrogen and oxygen atoms in total. The zero-order chi connectivity index (χ0) is 9.14. The van der Waals surface area contributed by atoms with Crippen LogP contribution in [0.5, 0.6) is 5.75 Å². The Morgan fingerprint density at radius 3 is 2.67 bits per heavy atom. The van der Waals surface area contributed by atoms with Gasteiger partial charge in [0.25, 0.3) is 0 Å². The molecule has 0 amide bonds. The van der Waals surface area contributed by atoms with Gasteiger partial charge in [0.1, 0.15) is 16.8 Å². The van der Waals surface area contributed by atoms with Gasteiger partial charge in [0.2, 0.25) is 0 Å². The molecular weight excluding hydrogens is 174 g/mol. The van der Waals surface area contributed by atoms with Crippen LogP contribution in [0.15, 0.2) is 12.1 Å². The Kier molecular flexibility index (Phi) is 2.57. The Balaban J connectivity index is 3.36. The van der Waals surface area contributed by atoms with Crippen molar-refractivity contribution in [3.05, 3.63) is 28.3 Å². The second kappa shape index (κ2) is 3.46. The lowest BCUT2D eigenvalue weighted by molar-refractivity contribution is 0.415. The summed E-state index contributed by atoms with van der Waals surface area (Å²) < 4.78 is 4.96. The number of ether oxygens (including phenoxy) is 1. The van der Waals surface area contributed by atoms with Crippen LogP contribution in [0.1, 0.15) is 11.1 Å². The van der Waals surface area contributed by atoms with Crippen LogP contribution in [0, 0.1) is 18.3 Å². The van der Waals surface area contributed by atoms with Crippen LogP contribution in [0.2, 0.25) is 5.02 Å². The van der Waals surface area contributed by atoms with E-state index in [0.717, 1.165) is 5.56 Å². The van der Waals surface area contributed by atoms with Gasteiger partial charge in [0.15, 0.2) is 0 Å². The number of hydrogen-bond donors (Lipinski definition) is 0. The van der Waals surface area contributed by atoms with Gasteiger partial charge in [-0.2, -0.15) is 5.26 Å². The monoisotopic (exact) mass is 181 g/mol. The molecule has 62 valence electrons. The quantitative estimate of drug-likeness (QED) is 0.667. The first-order valence-corrected chi connectivity index (χ1v) is 3.81. The number of nitriles is 1. The van der Waals surface area contributed by atoms with E-state index in [1.54, 1.807) is 6.07 Å². The topological polar surface area (TPSA) is 33.0 Å². The number of benzene rings is 1. The summed E-state index contributed by atoms with van der Waals surface area (Å²) >= 11 is 5.87. The summed E-state index contributed by atoms with van der Waals surface area (Å²) in [5.41, 5.74) is 1.35. The van der Waals surface area contributed by atoms with Gasteiger partial charge in [0.05, 0.1) is 12.7 Å². The number of methoxy groups -OCH3 is 1. The summed E-state index contributed by atoms with van der Waals surface area (Å²) in [4.78, 5) is 0. The fourth-order valence-corrected chi connectivity index (χ4v) is 1.28. The second-order valence-corrected chi connectivity index (χ2v) is 2.76. The maximum Gasteiger partial charge on any atom is 0.138 e. The molecule has 0 saturated carbocycles. The van der Waals surface area contributed by atoms with Crippen molar-refractivity contribution in [2.24, 2.45) is 0 Å². The van der Waals surface area contributed by atoms with Crippen LogP contribution < -0.4 is 4.74 Å². The smallest absolute Gasteiger partial charge is 0.138 e. The zero-order valence-corrected chi connectivity index (χ0v) is 7.64. The minimum Gasteiger partial charge on any atom is -0.495 e. The molecule has 0 atom stereocenters. The zero-order valence-electron chi connectivity index (χ0n) is 6.89. The third kappa shape index (κ3) is 1.37. The molecule has 0 N–H and O–H groups in total. The molecule has 0 saturated heterocycles. The minimum absolute atomic E-state index is 0.389. The summed E-state index contributed by atoms with van der Waals surface area (Å²) in [5, 5.41) is 9.12. The molecule has 12 heavy (non-hydrogen) atoms. The lowest BCUT2D eigenvalue weighted by atomic mass is 10.1. The van der Waals surface area contributed by atoms with Crippen molar-refractivity contribution in [1.29, 1.82) is 5.26 Å². The van der Waals surface area contributed by atoms with Crippen LogP contribution in [-0.4, -0.2) is 7.11 Å². The first-order chi connectivity index (χ1) is 5.70. The second-order valence-electron chi connectivity index (χ2n) is 2.39. The maximum absolute atomic E-state index is 8.73. The van der Waals surface area contributed by atoms with Gasteiger partial charge in [0, 0.05) is 0 Å². The number of nitrogens with zero attached hydrogens (tertiary/aromatic N) is 1. The highest BCUT2D eigenvalue weighted by atomic mass is 35.5. The van der Waals surface area contributed by atoms with E-state index in [0.29, 0.717) is 16.3 Å². The van der Waals surface area contributed by atoms with Crippen LogP contribution >= 0.6 is 11.6 Å². The van der Waals surface area contributed by atoms with E-state index in [2.05, 4.69) is 0 Å². The molecule has 1 aromatic carbocycles. The fourth-order valence-electron chi connectivity index (χ4n) is 0.948. The summed E-state index contributed by atoms with van der Waals surface area (Å²) in [6.45, 7) is 1.84. The fraction of sp³-hybridized carbons (Fsp3) is 0.222. The number of halogens is 1. The van der Waals surface area contributed by atoms with Crippen LogP contribution in [-0.2, 0) is 0 Å². The predicted molar refractivity (Wildman–Crippen MR) is 47.5 cm³/mol. The molecule has 0 unspecified atom stereocenters. The van der Waals surface area contributed by atoms with Crippen molar-refractivity contribution in [2.75, 3.05) is 7.11 Å². The van der Waals surface area contributed by atoms with Crippen LogP contribution in [0.25, 0.3) is 0 Å². The molecule has 0 aliphatic carbocycles. The summed E-state index contributed by atoms with van der Waals surface area (Å²) in [5.74, 6) is 0.541. The van der Waals surface area contributed by atoms with Crippen molar-refractivity contribution >= 4 is 11.6 Å². The molecule has 0 heterocycles. The molecular formula is C9H8ClNO. The Morgan fingerprint density at radius 2 is 2.17 bits per heavy atom. The van der Waals surface area contributed by atoms with Gasteiger partial charge in [-0.25, -0.2) is 0 Å². The minimum atomic E-state index is 0.389. The van der Waals surface area contributed by atoms with Gasteiger partial charge in [-0.15, -0.1) is 0 Å². The van der Waals surface area contributed by atoms with Crippen molar-refractivity contribution in [2.45, 2.75) is 6.92 Å². The van der Waals surface area contributed by atoms with E-state index in [1.807, 2.05) is 19.1 Å². The lowest BCUT2D eigenvalue weighted by Gasteiger charge is -2.05. The standard InChI is InChI=1S/C9H8ClNO/c1-6-3-4-8(12-2)9(10)7(6)5-11/h3-4H,1-2H3. The van der Waals surface area contributed by atoms with E-state index < -0.39 is 0 Å². The average molecular weight is 182 g/mol. The maximum atomic E-state index is 8.73. The van der Waals surface area contributed by atoms with Gasteiger partial charge in [-0.05, 0) is 18.6 Å². The predicted octanol–water partition coefficient (Wildman–Crippen LogP) is 2.53. The molecule has 0 radical (unpaired) electrons. The molecule has 0 aliphatic rings. The van der Waals surface area contributed by atoms with Gasteiger partial charge < -0.3 is 4.74 Å². The Labute approximate surface area is 76.3 Å². The van der Waals surface area contributed by atoms with E-state index in [1.165, 1.54) is 7.11 Å². The summed E-state index contributed by atoms with van der Waals surface area (Å²) in [6, 6.07) is 5.58. The Morgan fingerprint density at radius 1 is 1.50 bits per heavy atom. The van der Waals surface area contributed by atoms with Crippen molar-refractivity contribution in [3.8, 4) is 11.8 Å². The highest BCUT2D eigenvalue weighted by molar-refractivity contribution is 6.33. The molecule has 0 bridgehead atoms. The largest absolute Gasteiger partial charge is 0.495 e. The third-order valence-corrected chi connectivity index (χ3v) is 2.02. The molecule has 0 aromatic heterocycles. The van der Waals surface area contributed by atoms with E-state index in [9.17, 15) is 0 Å². The van der Waals surface area contributed by atoms with E-state index >= 15 is 0 Å². The average Bonchev–Trinajstić information content (AvgIpc) is 2.06. The molecule has 1 rings (SSSR count). The first kappa shape index (κ1) is 8.89. The Hall–Kier alpha value is -1.20. The molecule has 3 heteroatoms. The molecule has 0 spiro atoms. The van der Waals surface area contributed by atoms with Gasteiger partial charge >= 0.3 is 0 Å². The summed E-state index contributed by atoms with van der Waals surface area (Å²) in [7, 11) is 1.53. The summed E-state index contributed by atoms with van der Waals surface area (Å²) in [6.07, 6.45) is 0. The Bertz CT molecular complexity index is 341. The van der Waals surface area contributed by atoms with E-state index in [4.69, 9.17) is 21.6 Å². The lowest BCUT2D eigenvalue weighted by Crippen LogP contribution is -1.89. The third-order valence-electron chi connectivity index (χ3n) is 1.65. The SMILES string of the molecule is COc1ccc(C)c(C#N)c1Cl. The molecule has 0 aliphatic heterocycles. The highest BCUT2D eigenvalue weighted by Crippen LogP contribution is 2.29. The normalized spacial score (nSPS) is 9.17. The molecule has 0 fully saturated rings. The van der Waals surface area contributed by atoms with Crippen LogP contribution in [0.4, 0.5) is 0 Å². The van der Waals surface area contributed by atoms with Gasteiger partial charge in [-0.3, -0.25) is 0 Å². The molecule has 1 aromatic rings. The van der Waals surface area contributed by atoms with Crippen LogP contribution in [0.3, 0.4) is 0 Å². The van der Waals surface area contributed by atoms with Gasteiger partial charge in [-0.1, -0.05) is 17.7 Å². The van der Waals surface area contributed by atoms with Crippen molar-refractivity contribution in [1.82, 2.24) is 0 Å².